The van der Waals surface area contributed by atoms with E-state index in [1.165, 1.54) is 11.1 Å². The number of aromatic nitrogens is 2. The minimum atomic E-state index is -0.787. The van der Waals surface area contributed by atoms with Crippen LogP contribution in [0.1, 0.15) is 146 Å². The van der Waals surface area contributed by atoms with E-state index in [4.69, 9.17) is 12.5 Å². The summed E-state index contributed by atoms with van der Waals surface area (Å²) in [5.74, 6) is 1.45. The van der Waals surface area contributed by atoms with Crippen LogP contribution in [-0.4, -0.2) is 16.2 Å². The highest BCUT2D eigenvalue weighted by atomic mass is 16.5. The topological polar surface area (TPSA) is 33.5 Å². The van der Waals surface area contributed by atoms with Crippen LogP contribution >= 0.6 is 0 Å². The van der Waals surface area contributed by atoms with E-state index in [2.05, 4.69) is 107 Å². The van der Waals surface area contributed by atoms with E-state index in [9.17, 15) is 12.3 Å². The van der Waals surface area contributed by atoms with Crippen molar-refractivity contribution in [3.8, 4) is 61.8 Å². The molecule has 2 aliphatic rings. The van der Waals surface area contributed by atoms with Gasteiger partial charge >= 0.3 is 0 Å². The van der Waals surface area contributed by atoms with Crippen molar-refractivity contribution in [3.63, 3.8) is 0 Å². The van der Waals surface area contributed by atoms with E-state index in [1.54, 1.807) is 0 Å². The van der Waals surface area contributed by atoms with Crippen LogP contribution in [0.3, 0.4) is 0 Å². The Kier molecular flexibility index (Phi) is 10.6. The Morgan fingerprint density at radius 1 is 0.471 bits per heavy atom. The molecular formula is C80H80N4O. The van der Waals surface area contributed by atoms with Crippen LogP contribution in [0.2, 0.25) is 0 Å². The summed E-state index contributed by atoms with van der Waals surface area (Å²) in [5, 5.41) is 0.983. The van der Waals surface area contributed by atoms with Crippen molar-refractivity contribution in [1.29, 1.82) is 0 Å². The quantitative estimate of drug-likeness (QED) is 0.144. The monoisotopic (exact) mass is 1120 g/mol. The van der Waals surface area contributed by atoms with Crippen molar-refractivity contribution >= 4 is 44.6 Å². The van der Waals surface area contributed by atoms with Gasteiger partial charge in [0, 0.05) is 51.5 Å². The highest BCUT2D eigenvalue weighted by Crippen LogP contribution is 2.53. The van der Waals surface area contributed by atoms with Crippen LogP contribution in [0, 0.1) is 0 Å². The molecule has 0 saturated carbocycles. The first kappa shape index (κ1) is 43.9. The van der Waals surface area contributed by atoms with Crippen LogP contribution in [0.15, 0.2) is 212 Å². The summed E-state index contributed by atoms with van der Waals surface area (Å²) in [6, 6.07) is 43.4. The van der Waals surface area contributed by atoms with Crippen molar-refractivity contribution in [1.82, 2.24) is 9.55 Å². The molecule has 426 valence electrons. The number of fused-ring (bicyclic) bond motifs is 5. The third-order valence-corrected chi connectivity index (χ3v) is 17.4. The lowest BCUT2D eigenvalue weighted by molar-refractivity contribution is 0.332. The standard InChI is InChI=1S/C80H80N4O/c1-76(2,3)56-38-40-60(67(46-56)77(4,5)6)53-33-35-54(36-34-53)61-28-22-29-62(55-37-42-66-69(45-55)80(12,13)44-43-79(66,10)11)75(61)83-51-82(71-31-19-20-32-72(71)83)57-25-21-26-58(47-57)85-59-39-41-64-63-27-17-18-30-70(63)84(73(64)48-59)74-49-68(78(7,8)9)65(50-81-74)52-23-15-14-16-24-52/h14-42,45-50H,43-44,51H2,1-13H3/i17D,18D,27D,30D,33D,34D,35D,36D,38D,40D,46D. The van der Waals surface area contributed by atoms with E-state index in [0.717, 1.165) is 57.7 Å². The summed E-state index contributed by atoms with van der Waals surface area (Å²) in [7, 11) is 0. The molecule has 0 saturated heterocycles. The fourth-order valence-corrected chi connectivity index (χ4v) is 12.6. The molecule has 1 aliphatic heterocycles. The number of ether oxygens (including phenoxy) is 1. The van der Waals surface area contributed by atoms with Gasteiger partial charge in [-0.05, 0) is 144 Å². The third-order valence-electron chi connectivity index (χ3n) is 17.4. The molecule has 85 heavy (non-hydrogen) atoms. The number of para-hydroxylation sites is 4. The van der Waals surface area contributed by atoms with Crippen LogP contribution < -0.4 is 14.5 Å². The number of anilines is 4. The van der Waals surface area contributed by atoms with E-state index in [1.807, 2.05) is 143 Å². The van der Waals surface area contributed by atoms with Gasteiger partial charge in [-0.25, -0.2) is 4.98 Å². The van der Waals surface area contributed by atoms with E-state index < -0.39 is 10.8 Å². The van der Waals surface area contributed by atoms with Crippen molar-refractivity contribution in [2.45, 2.75) is 130 Å². The SMILES string of the molecule is [2H]c1c([2H])c(-c2c([2H])c([2H])c(C(C)(C)C)c([2H])c2C(C)(C)C)c([2H])c([2H])c1-c1cccc(-c2ccc3c(c2)C(C)(C)CCC3(C)C)c1N1CN(c2cccc(Oc3ccc4c5c([2H])c([2H])c([2H])c([2H])c5n(-c5cc(C(C)(C)C)c(-c6ccccc6)cn5)c4c3)c2)c2ccccc21. The predicted octanol–water partition coefficient (Wildman–Crippen LogP) is 22.1. The average molecular weight is 1120 g/mol. The molecule has 0 N–H and O–H groups in total. The molecule has 2 aromatic heterocycles. The molecule has 5 nitrogen and oxygen atoms in total. The predicted molar refractivity (Wildman–Crippen MR) is 360 cm³/mol. The highest BCUT2D eigenvalue weighted by Gasteiger charge is 2.38. The summed E-state index contributed by atoms with van der Waals surface area (Å²) in [4.78, 5) is 9.42. The summed E-state index contributed by atoms with van der Waals surface area (Å²) < 4.78 is 114. The lowest BCUT2D eigenvalue weighted by Crippen LogP contribution is -2.33. The van der Waals surface area contributed by atoms with Gasteiger partial charge < -0.3 is 14.5 Å². The van der Waals surface area contributed by atoms with Gasteiger partial charge in [-0.15, -0.1) is 0 Å². The Morgan fingerprint density at radius 3 is 1.81 bits per heavy atom. The van der Waals surface area contributed by atoms with Crippen LogP contribution in [-0.2, 0) is 27.1 Å². The van der Waals surface area contributed by atoms with Crippen molar-refractivity contribution < 1.29 is 19.8 Å². The maximum atomic E-state index is 10.1. The number of hydrogen-bond donors (Lipinski definition) is 0. The summed E-state index contributed by atoms with van der Waals surface area (Å²) in [6.07, 6.45) is 3.88. The van der Waals surface area contributed by atoms with Crippen molar-refractivity contribution in [2.24, 2.45) is 0 Å². The Morgan fingerprint density at radius 2 is 1.11 bits per heavy atom. The molecule has 11 aromatic rings. The molecule has 0 fully saturated rings. The Balaban J connectivity index is 0.958. The van der Waals surface area contributed by atoms with Gasteiger partial charge in [0.05, 0.1) is 43.2 Å². The average Bonchev–Trinajstić information content (AvgIpc) is 1.06. The second-order valence-electron chi connectivity index (χ2n) is 27.5. The minimum Gasteiger partial charge on any atom is -0.457 e. The van der Waals surface area contributed by atoms with Gasteiger partial charge in [0.2, 0.25) is 0 Å². The zero-order chi connectivity index (χ0) is 68.9. The first-order valence-electron chi connectivity index (χ1n) is 35.2. The van der Waals surface area contributed by atoms with E-state index in [0.29, 0.717) is 61.5 Å². The van der Waals surface area contributed by atoms with E-state index in [-0.39, 0.29) is 106 Å². The fraction of sp³-hybridized carbons (Fsp3) is 0.263. The van der Waals surface area contributed by atoms with Gasteiger partial charge in [0.25, 0.3) is 0 Å². The molecular weight excluding hydrogens is 1030 g/mol. The molecule has 0 atom stereocenters. The van der Waals surface area contributed by atoms with Gasteiger partial charge in [0.1, 0.15) is 24.0 Å². The Labute approximate surface area is 520 Å². The van der Waals surface area contributed by atoms with Crippen molar-refractivity contribution in [2.75, 3.05) is 16.5 Å². The summed E-state index contributed by atoms with van der Waals surface area (Å²) >= 11 is 0. The van der Waals surface area contributed by atoms with Crippen LogP contribution in [0.4, 0.5) is 22.7 Å². The molecule has 0 bridgehead atoms. The van der Waals surface area contributed by atoms with Gasteiger partial charge in [-0.2, -0.15) is 0 Å². The van der Waals surface area contributed by atoms with Gasteiger partial charge in [0.15, 0.2) is 0 Å². The number of benzene rings is 9. The molecule has 9 aromatic carbocycles. The maximum Gasteiger partial charge on any atom is 0.137 e. The minimum absolute atomic E-state index is 0.0602. The first-order chi connectivity index (χ1) is 45.1. The largest absolute Gasteiger partial charge is 0.457 e. The second-order valence-corrected chi connectivity index (χ2v) is 27.5. The maximum absolute atomic E-state index is 10.1. The second kappa shape index (κ2) is 20.5. The molecule has 5 heteroatoms. The number of rotatable bonds is 9. The Hall–Kier alpha value is -8.67. The molecule has 0 radical (unpaired) electrons. The molecule has 1 aliphatic carbocycles. The molecule has 0 unspecified atom stereocenters. The van der Waals surface area contributed by atoms with Gasteiger partial charge in [-0.3, -0.25) is 4.57 Å². The number of hydrogen-bond acceptors (Lipinski definition) is 4. The summed E-state index contributed by atoms with van der Waals surface area (Å²) in [5.41, 5.74) is 10.6. The summed E-state index contributed by atoms with van der Waals surface area (Å²) in [6.45, 7) is 27.3. The van der Waals surface area contributed by atoms with E-state index >= 15 is 0 Å². The highest BCUT2D eigenvalue weighted by molar-refractivity contribution is 6.09. The number of pyridine rings is 1. The lowest BCUT2D eigenvalue weighted by atomic mass is 9.63. The Bertz CT molecular complexity index is 5020. The van der Waals surface area contributed by atoms with Crippen LogP contribution in [0.5, 0.6) is 11.5 Å². The molecule has 0 spiro atoms. The molecule has 0 amide bonds. The number of nitrogens with zero attached hydrogens (tertiary/aromatic N) is 4. The normalized spacial score (nSPS) is 16.7. The van der Waals surface area contributed by atoms with Crippen LogP contribution in [0.25, 0.3) is 72.1 Å². The molecule has 3 heterocycles. The third kappa shape index (κ3) is 10.1. The molecule has 13 rings (SSSR count). The lowest BCUT2D eigenvalue weighted by Gasteiger charge is -2.42. The van der Waals surface area contributed by atoms with Gasteiger partial charge in [-0.1, -0.05) is 235 Å². The fourth-order valence-electron chi connectivity index (χ4n) is 12.6. The zero-order valence-electron chi connectivity index (χ0n) is 62.2. The smallest absolute Gasteiger partial charge is 0.137 e. The zero-order valence-corrected chi connectivity index (χ0v) is 51.2. The first-order valence-corrected chi connectivity index (χ1v) is 29.7. The van der Waals surface area contributed by atoms with Crippen molar-refractivity contribution in [3.05, 3.63) is 240 Å².